The van der Waals surface area contributed by atoms with Crippen LogP contribution in [0.1, 0.15) is 36.3 Å². The third-order valence-electron chi connectivity index (χ3n) is 5.62. The fourth-order valence-corrected chi connectivity index (χ4v) is 5.24. The van der Waals surface area contributed by atoms with Crippen molar-refractivity contribution in [2.75, 3.05) is 24.7 Å². The Hall–Kier alpha value is -3.24. The third-order valence-corrected chi connectivity index (χ3v) is 6.88. The van der Waals surface area contributed by atoms with Crippen LogP contribution in [-0.2, 0) is 4.79 Å². The first kappa shape index (κ1) is 22.0. The Morgan fingerprint density at radius 3 is 3.00 bits per heavy atom. The number of carbonyl (C=O) groups is 1. The highest BCUT2D eigenvalue weighted by Gasteiger charge is 2.32. The van der Waals surface area contributed by atoms with Crippen LogP contribution in [0.15, 0.2) is 54.7 Å². The van der Waals surface area contributed by atoms with Crippen LogP contribution in [0.2, 0.25) is 0 Å². The number of rotatable bonds is 8. The van der Waals surface area contributed by atoms with Crippen LogP contribution in [0.4, 0.5) is 5.69 Å². The molecule has 6 nitrogen and oxygen atoms in total. The first-order valence-corrected chi connectivity index (χ1v) is 11.7. The first-order chi connectivity index (χ1) is 15.6. The van der Waals surface area contributed by atoms with Crippen molar-refractivity contribution in [3.63, 3.8) is 0 Å². The van der Waals surface area contributed by atoms with E-state index in [1.165, 1.54) is 0 Å². The summed E-state index contributed by atoms with van der Waals surface area (Å²) in [7, 11) is 1.67. The summed E-state index contributed by atoms with van der Waals surface area (Å²) < 4.78 is 5.44. The number of amides is 1. The zero-order chi connectivity index (χ0) is 22.5. The van der Waals surface area contributed by atoms with Gasteiger partial charge in [-0.05, 0) is 49.6 Å². The van der Waals surface area contributed by atoms with E-state index >= 15 is 0 Å². The van der Waals surface area contributed by atoms with Crippen molar-refractivity contribution >= 4 is 34.3 Å². The maximum atomic E-state index is 12.5. The maximum absolute atomic E-state index is 12.5. The number of thioether (sulfide) groups is 1. The van der Waals surface area contributed by atoms with Crippen LogP contribution >= 0.6 is 11.8 Å². The highest BCUT2D eigenvalue weighted by atomic mass is 32.2. The minimum Gasteiger partial charge on any atom is -0.497 e. The van der Waals surface area contributed by atoms with Gasteiger partial charge in [-0.25, -0.2) is 0 Å². The van der Waals surface area contributed by atoms with Crippen molar-refractivity contribution in [3.05, 3.63) is 65.9 Å². The molecule has 0 saturated carbocycles. The van der Waals surface area contributed by atoms with Crippen molar-refractivity contribution in [3.8, 4) is 11.8 Å². The number of nitrogens with zero attached hydrogens (tertiary/aromatic N) is 3. The zero-order valence-corrected chi connectivity index (χ0v) is 19.1. The lowest BCUT2D eigenvalue weighted by Crippen LogP contribution is -2.30. The SMILES string of the molecule is COc1cc(NC(C)CCCN2C(=O)CSC2c2cccc(C#N)c2)c2ncccc2c1. The highest BCUT2D eigenvalue weighted by Crippen LogP contribution is 2.39. The zero-order valence-electron chi connectivity index (χ0n) is 18.2. The number of nitriles is 1. The number of anilines is 1. The van der Waals surface area contributed by atoms with Gasteiger partial charge in [0, 0.05) is 30.2 Å². The summed E-state index contributed by atoms with van der Waals surface area (Å²) in [5, 5.41) is 13.8. The summed E-state index contributed by atoms with van der Waals surface area (Å²) in [4.78, 5) is 19.0. The Morgan fingerprint density at radius 2 is 2.19 bits per heavy atom. The third kappa shape index (κ3) is 4.81. The highest BCUT2D eigenvalue weighted by molar-refractivity contribution is 8.00. The number of hydrogen-bond acceptors (Lipinski definition) is 6. The lowest BCUT2D eigenvalue weighted by Gasteiger charge is -2.25. The second kappa shape index (κ2) is 9.92. The van der Waals surface area contributed by atoms with Crippen LogP contribution in [0.5, 0.6) is 5.75 Å². The molecule has 1 N–H and O–H groups in total. The van der Waals surface area contributed by atoms with Gasteiger partial charge in [0.1, 0.15) is 11.1 Å². The normalized spacial score (nSPS) is 16.7. The van der Waals surface area contributed by atoms with E-state index in [4.69, 9.17) is 4.74 Å². The molecule has 7 heteroatoms. The minimum atomic E-state index is -0.0226. The second-order valence-corrected chi connectivity index (χ2v) is 8.99. The molecule has 0 radical (unpaired) electrons. The number of methoxy groups -OCH3 is 1. The fourth-order valence-electron chi connectivity index (χ4n) is 4.03. The molecule has 0 bridgehead atoms. The number of aromatic nitrogens is 1. The molecule has 4 rings (SSSR count). The van der Waals surface area contributed by atoms with Crippen molar-refractivity contribution < 1.29 is 9.53 Å². The molecule has 1 saturated heterocycles. The molecule has 0 spiro atoms. The van der Waals surface area contributed by atoms with Crippen LogP contribution < -0.4 is 10.1 Å². The van der Waals surface area contributed by atoms with Gasteiger partial charge in [0.2, 0.25) is 5.91 Å². The van der Waals surface area contributed by atoms with Crippen molar-refractivity contribution in [2.24, 2.45) is 0 Å². The molecular weight excluding hydrogens is 420 g/mol. The number of fused-ring (bicyclic) bond motifs is 1. The quantitative estimate of drug-likeness (QED) is 0.526. The molecule has 32 heavy (non-hydrogen) atoms. The molecule has 2 atom stereocenters. The average Bonchev–Trinajstić information content (AvgIpc) is 3.19. The van der Waals surface area contributed by atoms with Gasteiger partial charge >= 0.3 is 0 Å². The number of benzene rings is 2. The van der Waals surface area contributed by atoms with E-state index < -0.39 is 0 Å². The van der Waals surface area contributed by atoms with Crippen molar-refractivity contribution in [1.82, 2.24) is 9.88 Å². The van der Waals surface area contributed by atoms with Crippen LogP contribution in [0, 0.1) is 11.3 Å². The Labute approximate surface area is 192 Å². The van der Waals surface area contributed by atoms with E-state index in [1.807, 2.05) is 47.4 Å². The first-order valence-electron chi connectivity index (χ1n) is 10.7. The van der Waals surface area contributed by atoms with Gasteiger partial charge in [-0.1, -0.05) is 18.2 Å². The second-order valence-electron chi connectivity index (χ2n) is 7.93. The summed E-state index contributed by atoms with van der Waals surface area (Å²) in [6.07, 6.45) is 3.58. The molecule has 2 unspecified atom stereocenters. The Morgan fingerprint density at radius 1 is 1.31 bits per heavy atom. The van der Waals surface area contributed by atoms with Gasteiger partial charge in [-0.2, -0.15) is 5.26 Å². The number of pyridine rings is 1. The van der Waals surface area contributed by atoms with E-state index in [2.05, 4.69) is 23.3 Å². The monoisotopic (exact) mass is 446 g/mol. The fraction of sp³-hybridized carbons (Fsp3) is 0.320. The number of ether oxygens (including phenoxy) is 1. The Kier molecular flexibility index (Phi) is 6.81. The summed E-state index contributed by atoms with van der Waals surface area (Å²) in [5.74, 6) is 1.43. The van der Waals surface area contributed by atoms with E-state index in [0.717, 1.165) is 40.7 Å². The number of hydrogen-bond donors (Lipinski definition) is 1. The standard InChI is InChI=1S/C25H26N4O2S/c1-17(28-22-14-21(31-2)13-19-9-4-10-27-24(19)22)6-5-11-29-23(30)16-32-25(29)20-8-3-7-18(12-20)15-26/h3-4,7-10,12-14,17,25,28H,5-6,11,16H2,1-2H3. The molecule has 1 aliphatic rings. The van der Waals surface area contributed by atoms with Gasteiger partial charge in [0.15, 0.2) is 0 Å². The van der Waals surface area contributed by atoms with E-state index in [9.17, 15) is 10.1 Å². The molecule has 1 aromatic heterocycles. The van der Waals surface area contributed by atoms with Gasteiger partial charge in [-0.3, -0.25) is 9.78 Å². The molecule has 1 amide bonds. The lowest BCUT2D eigenvalue weighted by molar-refractivity contribution is -0.128. The molecule has 3 aromatic rings. The number of nitrogens with one attached hydrogen (secondary N) is 1. The molecule has 2 heterocycles. The summed E-state index contributed by atoms with van der Waals surface area (Å²) >= 11 is 1.63. The predicted molar refractivity (Wildman–Crippen MR) is 129 cm³/mol. The largest absolute Gasteiger partial charge is 0.497 e. The van der Waals surface area contributed by atoms with E-state index in [-0.39, 0.29) is 17.3 Å². The van der Waals surface area contributed by atoms with Crippen LogP contribution in [0.25, 0.3) is 10.9 Å². The van der Waals surface area contributed by atoms with Gasteiger partial charge in [0.25, 0.3) is 0 Å². The summed E-state index contributed by atoms with van der Waals surface area (Å²) in [6, 6.07) is 17.8. The molecule has 0 aliphatic carbocycles. The molecule has 1 fully saturated rings. The van der Waals surface area contributed by atoms with E-state index in [0.29, 0.717) is 17.9 Å². The van der Waals surface area contributed by atoms with Gasteiger partial charge < -0.3 is 15.0 Å². The summed E-state index contributed by atoms with van der Waals surface area (Å²) in [5.41, 5.74) is 3.51. The smallest absolute Gasteiger partial charge is 0.233 e. The molecule has 164 valence electrons. The van der Waals surface area contributed by atoms with Gasteiger partial charge in [-0.15, -0.1) is 11.8 Å². The van der Waals surface area contributed by atoms with Crippen LogP contribution in [0.3, 0.4) is 0 Å². The average molecular weight is 447 g/mol. The predicted octanol–water partition coefficient (Wildman–Crippen LogP) is 4.97. The molecule has 2 aromatic carbocycles. The topological polar surface area (TPSA) is 78.2 Å². The maximum Gasteiger partial charge on any atom is 0.233 e. The Balaban J connectivity index is 1.39. The van der Waals surface area contributed by atoms with E-state index in [1.54, 1.807) is 31.1 Å². The van der Waals surface area contributed by atoms with Crippen molar-refractivity contribution in [1.29, 1.82) is 5.26 Å². The van der Waals surface area contributed by atoms with Gasteiger partial charge in [0.05, 0.1) is 35.7 Å². The molecule has 1 aliphatic heterocycles. The Bertz CT molecular complexity index is 1160. The van der Waals surface area contributed by atoms with Crippen LogP contribution in [-0.4, -0.2) is 41.2 Å². The lowest BCUT2D eigenvalue weighted by atomic mass is 10.1. The number of carbonyl (C=O) groups excluding carboxylic acids is 1. The van der Waals surface area contributed by atoms with Crippen molar-refractivity contribution in [2.45, 2.75) is 31.2 Å². The summed E-state index contributed by atoms with van der Waals surface area (Å²) in [6.45, 7) is 2.83. The molecular formula is C25H26N4O2S. The minimum absolute atomic E-state index is 0.0226.